The molecule has 0 bridgehead atoms. The number of aromatic hydroxyl groups is 1. The highest BCUT2D eigenvalue weighted by atomic mass is 16.5. The Hall–Kier alpha value is -2.78. The molecule has 0 radical (unpaired) electrons. The molecule has 0 amide bonds. The average molecular weight is 414 g/mol. The summed E-state index contributed by atoms with van der Waals surface area (Å²) >= 11 is 0. The van der Waals surface area contributed by atoms with E-state index < -0.39 is 48.5 Å². The topological polar surface area (TPSA) is 145 Å². The number of aliphatic hydroxyl groups is 4. The molecule has 0 heterocycles. The predicted octanol–water partition coefficient (Wildman–Crippen LogP) is 0.318. The van der Waals surface area contributed by atoms with Crippen LogP contribution in [0.5, 0.6) is 11.5 Å². The normalized spacial score (nSPS) is 28.1. The van der Waals surface area contributed by atoms with Gasteiger partial charge in [0.15, 0.2) is 5.78 Å². The van der Waals surface area contributed by atoms with Gasteiger partial charge < -0.3 is 30.3 Å². The lowest BCUT2D eigenvalue weighted by Gasteiger charge is -2.40. The average Bonchev–Trinajstić information content (AvgIpc) is 2.71. The van der Waals surface area contributed by atoms with Gasteiger partial charge in [0.05, 0.1) is 17.2 Å². The third-order valence-corrected chi connectivity index (χ3v) is 5.84. The van der Waals surface area contributed by atoms with E-state index >= 15 is 0 Å². The summed E-state index contributed by atoms with van der Waals surface area (Å²) in [6.07, 6.45) is -5.31. The van der Waals surface area contributed by atoms with Crippen molar-refractivity contribution in [3.8, 4) is 11.5 Å². The lowest BCUT2D eigenvalue weighted by molar-refractivity contribution is -0.157. The first-order valence-corrected chi connectivity index (χ1v) is 9.62. The van der Waals surface area contributed by atoms with Crippen LogP contribution in [-0.2, 0) is 0 Å². The first-order chi connectivity index (χ1) is 14.2. The van der Waals surface area contributed by atoms with Crippen molar-refractivity contribution >= 4 is 11.6 Å². The summed E-state index contributed by atoms with van der Waals surface area (Å²) in [4.78, 5) is 26.2. The van der Waals surface area contributed by atoms with Gasteiger partial charge in [-0.15, -0.1) is 0 Å². The molecule has 8 heteroatoms. The van der Waals surface area contributed by atoms with Gasteiger partial charge in [-0.1, -0.05) is 12.1 Å². The molecule has 5 atom stereocenters. The number of phenols is 1. The molecule has 4 rings (SSSR count). The van der Waals surface area contributed by atoms with Crippen molar-refractivity contribution in [3.05, 3.63) is 58.1 Å². The van der Waals surface area contributed by atoms with Crippen molar-refractivity contribution in [2.45, 2.75) is 37.8 Å². The molecule has 0 spiro atoms. The number of hydrogen-bond donors (Lipinski definition) is 5. The fourth-order valence-corrected chi connectivity index (χ4v) is 4.25. The van der Waals surface area contributed by atoms with E-state index in [0.717, 1.165) is 0 Å². The van der Waals surface area contributed by atoms with Gasteiger partial charge in [0.2, 0.25) is 5.78 Å². The SMILES string of the molecule is Cc1cc(O)c2c(c1)C(=O)c1cccc(O[C@@H]3C[C@H](CO)[C@@H](O)[C@H](O)[C@H]3O)c1C2=O. The second kappa shape index (κ2) is 7.48. The van der Waals surface area contributed by atoms with Crippen LogP contribution in [0.3, 0.4) is 0 Å². The van der Waals surface area contributed by atoms with Gasteiger partial charge in [0.25, 0.3) is 0 Å². The van der Waals surface area contributed by atoms with Gasteiger partial charge in [-0.25, -0.2) is 0 Å². The lowest BCUT2D eigenvalue weighted by atomic mass is 9.80. The Balaban J connectivity index is 1.75. The van der Waals surface area contributed by atoms with Crippen molar-refractivity contribution < 1.29 is 39.9 Å². The molecule has 2 aliphatic carbocycles. The van der Waals surface area contributed by atoms with Crippen LogP contribution in [0.4, 0.5) is 0 Å². The minimum atomic E-state index is -1.54. The molecule has 8 nitrogen and oxygen atoms in total. The van der Waals surface area contributed by atoms with Gasteiger partial charge in [-0.05, 0) is 37.1 Å². The van der Waals surface area contributed by atoms with E-state index in [0.29, 0.717) is 5.56 Å². The molecule has 1 saturated carbocycles. The maximum absolute atomic E-state index is 13.2. The van der Waals surface area contributed by atoms with Crippen LogP contribution in [0, 0.1) is 12.8 Å². The van der Waals surface area contributed by atoms with E-state index in [1.807, 2.05) is 0 Å². The second-order valence-corrected chi connectivity index (χ2v) is 7.85. The summed E-state index contributed by atoms with van der Waals surface area (Å²) in [5.41, 5.74) is 0.707. The zero-order valence-electron chi connectivity index (χ0n) is 16.1. The predicted molar refractivity (Wildman–Crippen MR) is 104 cm³/mol. The maximum atomic E-state index is 13.2. The number of carbonyl (C=O) groups excluding carboxylic acids is 2. The number of aryl methyl sites for hydroxylation is 1. The monoisotopic (exact) mass is 414 g/mol. The highest BCUT2D eigenvalue weighted by Gasteiger charge is 2.44. The Morgan fingerprint density at radius 3 is 2.40 bits per heavy atom. The van der Waals surface area contributed by atoms with Crippen molar-refractivity contribution in [3.63, 3.8) is 0 Å². The fraction of sp³-hybridized carbons (Fsp3) is 0.364. The lowest BCUT2D eigenvalue weighted by Crippen LogP contribution is -2.56. The van der Waals surface area contributed by atoms with Crippen molar-refractivity contribution in [2.24, 2.45) is 5.92 Å². The van der Waals surface area contributed by atoms with E-state index in [1.54, 1.807) is 13.0 Å². The molecule has 0 unspecified atom stereocenters. The summed E-state index contributed by atoms with van der Waals surface area (Å²) in [5, 5.41) is 50.1. The van der Waals surface area contributed by atoms with Crippen LogP contribution >= 0.6 is 0 Å². The second-order valence-electron chi connectivity index (χ2n) is 7.85. The van der Waals surface area contributed by atoms with E-state index in [-0.39, 0.29) is 40.2 Å². The molecule has 158 valence electrons. The van der Waals surface area contributed by atoms with Crippen LogP contribution in [0.25, 0.3) is 0 Å². The fourth-order valence-electron chi connectivity index (χ4n) is 4.25. The standard InChI is InChI=1S/C22H22O8/c1-9-5-12-16(13(24)6-9)21(28)17-11(19(12)26)3-2-4-14(17)30-15-7-10(8-23)18(25)22(29)20(15)27/h2-6,10,15,18,20,22-25,27,29H,7-8H2,1H3/t10-,15-,18-,20+,22+/m1/s1. The van der Waals surface area contributed by atoms with E-state index in [9.17, 15) is 35.1 Å². The van der Waals surface area contributed by atoms with Gasteiger partial charge in [-0.3, -0.25) is 9.59 Å². The molecule has 2 aromatic carbocycles. The third kappa shape index (κ3) is 3.09. The molecule has 2 aliphatic rings. The molecule has 0 aliphatic heterocycles. The van der Waals surface area contributed by atoms with E-state index in [2.05, 4.69) is 0 Å². The van der Waals surface area contributed by atoms with Gasteiger partial charge in [0, 0.05) is 23.7 Å². The molecule has 5 N–H and O–H groups in total. The van der Waals surface area contributed by atoms with Crippen molar-refractivity contribution in [1.29, 1.82) is 0 Å². The van der Waals surface area contributed by atoms with Gasteiger partial charge >= 0.3 is 0 Å². The number of rotatable bonds is 3. The maximum Gasteiger partial charge on any atom is 0.201 e. The van der Waals surface area contributed by atoms with Gasteiger partial charge in [0.1, 0.15) is 29.8 Å². The summed E-state index contributed by atoms with van der Waals surface area (Å²) in [6.45, 7) is 1.28. The molecule has 0 saturated heterocycles. The van der Waals surface area contributed by atoms with E-state index in [4.69, 9.17) is 4.74 Å². The number of carbonyl (C=O) groups is 2. The zero-order valence-corrected chi connectivity index (χ0v) is 16.1. The molecular formula is C22H22O8. The quantitative estimate of drug-likeness (QED) is 0.412. The molecule has 0 aromatic heterocycles. The largest absolute Gasteiger partial charge is 0.507 e. The Labute approximate surface area is 172 Å². The first kappa shape index (κ1) is 20.5. The summed E-state index contributed by atoms with van der Waals surface area (Å²) in [7, 11) is 0. The number of ketones is 2. The van der Waals surface area contributed by atoms with Gasteiger partial charge in [-0.2, -0.15) is 0 Å². The van der Waals surface area contributed by atoms with Crippen molar-refractivity contribution in [2.75, 3.05) is 6.61 Å². The van der Waals surface area contributed by atoms with Crippen LogP contribution in [0.1, 0.15) is 43.8 Å². The molecule has 1 fully saturated rings. The van der Waals surface area contributed by atoms with Crippen LogP contribution in [0.15, 0.2) is 30.3 Å². The highest BCUT2D eigenvalue weighted by Crippen LogP contribution is 2.39. The highest BCUT2D eigenvalue weighted by molar-refractivity contribution is 6.30. The smallest absolute Gasteiger partial charge is 0.201 e. The molecule has 2 aromatic rings. The first-order valence-electron chi connectivity index (χ1n) is 9.62. The summed E-state index contributed by atoms with van der Waals surface area (Å²) < 4.78 is 5.83. The summed E-state index contributed by atoms with van der Waals surface area (Å²) in [5.74, 6) is -2.03. The number of fused-ring (bicyclic) bond motifs is 2. The number of hydrogen-bond acceptors (Lipinski definition) is 8. The number of aliphatic hydroxyl groups excluding tert-OH is 4. The van der Waals surface area contributed by atoms with Crippen LogP contribution in [-0.4, -0.2) is 68.1 Å². The van der Waals surface area contributed by atoms with Crippen LogP contribution < -0.4 is 4.74 Å². The number of ether oxygens (including phenoxy) is 1. The van der Waals surface area contributed by atoms with Crippen LogP contribution in [0.2, 0.25) is 0 Å². The molecular weight excluding hydrogens is 392 g/mol. The van der Waals surface area contributed by atoms with Crippen molar-refractivity contribution in [1.82, 2.24) is 0 Å². The minimum Gasteiger partial charge on any atom is -0.507 e. The Kier molecular flexibility index (Phi) is 5.11. The minimum absolute atomic E-state index is 0.0146. The van der Waals surface area contributed by atoms with E-state index in [1.165, 1.54) is 24.3 Å². The Morgan fingerprint density at radius 1 is 0.967 bits per heavy atom. The molecule has 30 heavy (non-hydrogen) atoms. The Bertz CT molecular complexity index is 1030. The third-order valence-electron chi connectivity index (χ3n) is 5.84. The Morgan fingerprint density at radius 2 is 1.70 bits per heavy atom. The number of phenolic OH excluding ortho intramolecular Hbond substituents is 1. The summed E-state index contributed by atoms with van der Waals surface area (Å²) in [6, 6.07) is 7.41. The number of benzene rings is 2. The zero-order chi connectivity index (χ0) is 21.7.